The summed E-state index contributed by atoms with van der Waals surface area (Å²) in [6, 6.07) is 15.7. The molecule has 132 valence electrons. The fraction of sp³-hybridized carbons (Fsp3) is 0.211. The topological polar surface area (TPSA) is 88.9 Å². The zero-order valence-electron chi connectivity index (χ0n) is 13.9. The summed E-state index contributed by atoms with van der Waals surface area (Å²) in [6.07, 6.45) is 0. The van der Waals surface area contributed by atoms with Gasteiger partial charge in [0.1, 0.15) is 31.3 Å². The highest BCUT2D eigenvalue weighted by Crippen LogP contribution is 2.31. The average molecular weight is 352 g/mol. The molecule has 2 aromatic carbocycles. The Bertz CT molecular complexity index is 842. The van der Waals surface area contributed by atoms with Gasteiger partial charge in [0.2, 0.25) is 0 Å². The lowest BCUT2D eigenvalue weighted by Crippen LogP contribution is -2.42. The molecule has 1 amide bonds. The molecule has 0 radical (unpaired) electrons. The van der Waals surface area contributed by atoms with E-state index in [4.69, 9.17) is 19.5 Å². The number of nitriles is 1. The van der Waals surface area contributed by atoms with E-state index in [0.29, 0.717) is 22.7 Å². The minimum absolute atomic E-state index is 0.0546. The Labute approximate surface area is 150 Å². The molecule has 3 rings (SSSR count). The van der Waals surface area contributed by atoms with Gasteiger partial charge in [0, 0.05) is 0 Å². The molecular weight excluding hydrogens is 336 g/mol. The smallest absolute Gasteiger partial charge is 0.326 e. The molecule has 0 aromatic heterocycles. The number of carbonyl (C=O) groups excluding carboxylic acids is 2. The third-order valence-corrected chi connectivity index (χ3v) is 3.69. The van der Waals surface area contributed by atoms with Crippen LogP contribution in [0.1, 0.15) is 5.56 Å². The maximum atomic E-state index is 12.0. The van der Waals surface area contributed by atoms with Crippen LogP contribution < -0.4 is 14.4 Å². The first-order valence-electron chi connectivity index (χ1n) is 7.98. The molecule has 0 saturated carbocycles. The predicted octanol–water partition coefficient (Wildman–Crippen LogP) is 1.91. The molecule has 26 heavy (non-hydrogen) atoms. The van der Waals surface area contributed by atoms with Crippen LogP contribution in [0.3, 0.4) is 0 Å². The van der Waals surface area contributed by atoms with Gasteiger partial charge in [-0.2, -0.15) is 5.26 Å². The third-order valence-electron chi connectivity index (χ3n) is 3.69. The number of nitrogens with zero attached hydrogens (tertiary/aromatic N) is 2. The maximum Gasteiger partial charge on any atom is 0.326 e. The molecular formula is C19H16N2O5. The number of rotatable bonds is 6. The van der Waals surface area contributed by atoms with Crippen LogP contribution in [0.25, 0.3) is 0 Å². The van der Waals surface area contributed by atoms with Gasteiger partial charge < -0.3 is 14.2 Å². The van der Waals surface area contributed by atoms with Gasteiger partial charge in [-0.05, 0) is 36.4 Å². The summed E-state index contributed by atoms with van der Waals surface area (Å²) in [4.78, 5) is 25.4. The van der Waals surface area contributed by atoms with Crippen LogP contribution in [-0.4, -0.2) is 38.2 Å². The minimum Gasteiger partial charge on any atom is -0.490 e. The van der Waals surface area contributed by atoms with Crippen LogP contribution in [0.2, 0.25) is 0 Å². The van der Waals surface area contributed by atoms with Crippen molar-refractivity contribution in [3.63, 3.8) is 0 Å². The number of carbonyl (C=O) groups is 2. The molecule has 1 aliphatic heterocycles. The second-order valence-corrected chi connectivity index (χ2v) is 5.44. The lowest BCUT2D eigenvalue weighted by atomic mass is 10.2. The molecule has 0 unspecified atom stereocenters. The van der Waals surface area contributed by atoms with Crippen molar-refractivity contribution >= 4 is 17.6 Å². The van der Waals surface area contributed by atoms with E-state index in [0.717, 1.165) is 0 Å². The summed E-state index contributed by atoms with van der Waals surface area (Å²) in [5.74, 6) is 0.314. The standard InChI is InChI=1S/C19H16N2O5/c20-11-14-5-7-15(8-6-14)24-9-10-25-19(23)12-21-16-3-1-2-4-17(16)26-13-18(21)22/h1-8H,9-10,12-13H2. The molecule has 0 fully saturated rings. The van der Waals surface area contributed by atoms with E-state index < -0.39 is 5.97 Å². The number of ether oxygens (including phenoxy) is 3. The number of fused-ring (bicyclic) bond motifs is 1. The predicted molar refractivity (Wildman–Crippen MR) is 91.9 cm³/mol. The first kappa shape index (κ1) is 17.3. The van der Waals surface area contributed by atoms with E-state index in [1.54, 1.807) is 48.5 Å². The second-order valence-electron chi connectivity index (χ2n) is 5.44. The molecule has 2 aromatic rings. The molecule has 0 bridgehead atoms. The average Bonchev–Trinajstić information content (AvgIpc) is 2.68. The lowest BCUT2D eigenvalue weighted by molar-refractivity contribution is -0.143. The van der Waals surface area contributed by atoms with Crippen molar-refractivity contribution in [1.82, 2.24) is 0 Å². The fourth-order valence-corrected chi connectivity index (χ4v) is 2.44. The fourth-order valence-electron chi connectivity index (χ4n) is 2.44. The number of hydrogen-bond acceptors (Lipinski definition) is 6. The van der Waals surface area contributed by atoms with Gasteiger partial charge in [-0.25, -0.2) is 0 Å². The lowest BCUT2D eigenvalue weighted by Gasteiger charge is -2.28. The van der Waals surface area contributed by atoms with Crippen LogP contribution in [0, 0.1) is 11.3 Å². The first-order chi connectivity index (χ1) is 12.7. The summed E-state index contributed by atoms with van der Waals surface area (Å²) in [5, 5.41) is 8.73. The van der Waals surface area contributed by atoms with E-state index in [2.05, 4.69) is 0 Å². The third kappa shape index (κ3) is 4.11. The molecule has 1 aliphatic rings. The maximum absolute atomic E-state index is 12.0. The van der Waals surface area contributed by atoms with Crippen molar-refractivity contribution in [3.05, 3.63) is 54.1 Å². The summed E-state index contributed by atoms with van der Waals surface area (Å²) in [5.41, 5.74) is 1.09. The highest BCUT2D eigenvalue weighted by Gasteiger charge is 2.27. The van der Waals surface area contributed by atoms with Crippen molar-refractivity contribution in [2.45, 2.75) is 0 Å². The van der Waals surface area contributed by atoms with Crippen LogP contribution >= 0.6 is 0 Å². The van der Waals surface area contributed by atoms with Crippen molar-refractivity contribution in [2.24, 2.45) is 0 Å². The summed E-state index contributed by atoms with van der Waals surface area (Å²) < 4.78 is 15.9. The molecule has 7 heteroatoms. The van der Waals surface area contributed by atoms with Crippen molar-refractivity contribution in [1.29, 1.82) is 5.26 Å². The van der Waals surface area contributed by atoms with Crippen molar-refractivity contribution in [2.75, 3.05) is 31.3 Å². The van der Waals surface area contributed by atoms with Crippen molar-refractivity contribution < 1.29 is 23.8 Å². The largest absolute Gasteiger partial charge is 0.490 e. The quantitative estimate of drug-likeness (QED) is 0.583. The second kappa shape index (κ2) is 8.03. The zero-order valence-corrected chi connectivity index (χ0v) is 13.9. The van der Waals surface area contributed by atoms with Crippen LogP contribution in [0.4, 0.5) is 5.69 Å². The summed E-state index contributed by atoms with van der Waals surface area (Å²) in [7, 11) is 0. The van der Waals surface area contributed by atoms with Gasteiger partial charge in [-0.1, -0.05) is 12.1 Å². The zero-order chi connectivity index (χ0) is 18.4. The summed E-state index contributed by atoms with van der Waals surface area (Å²) in [6.45, 7) is -0.0630. The van der Waals surface area contributed by atoms with Crippen molar-refractivity contribution in [3.8, 4) is 17.6 Å². The Balaban J connectivity index is 1.47. The van der Waals surface area contributed by atoms with E-state index in [1.165, 1.54) is 4.90 Å². The van der Waals surface area contributed by atoms with Crippen LogP contribution in [-0.2, 0) is 14.3 Å². The molecule has 0 saturated heterocycles. The molecule has 0 atom stereocenters. The van der Waals surface area contributed by atoms with Gasteiger partial charge in [0.05, 0.1) is 17.3 Å². The van der Waals surface area contributed by atoms with Gasteiger partial charge in [0.25, 0.3) is 5.91 Å². The number of hydrogen-bond donors (Lipinski definition) is 0. The molecule has 0 aliphatic carbocycles. The monoisotopic (exact) mass is 352 g/mol. The molecule has 7 nitrogen and oxygen atoms in total. The number of anilines is 1. The number of esters is 1. The Kier molecular flexibility index (Phi) is 5.34. The SMILES string of the molecule is N#Cc1ccc(OCCOC(=O)CN2C(=O)COc3ccccc32)cc1. The minimum atomic E-state index is -0.529. The van der Waals surface area contributed by atoms with E-state index in [9.17, 15) is 9.59 Å². The molecule has 0 spiro atoms. The summed E-state index contributed by atoms with van der Waals surface area (Å²) >= 11 is 0. The number of para-hydroxylation sites is 2. The van der Waals surface area contributed by atoms with Crippen LogP contribution in [0.15, 0.2) is 48.5 Å². The highest BCUT2D eigenvalue weighted by molar-refractivity contribution is 6.01. The number of amides is 1. The highest BCUT2D eigenvalue weighted by atomic mass is 16.6. The van der Waals surface area contributed by atoms with Gasteiger partial charge >= 0.3 is 5.97 Å². The molecule has 1 heterocycles. The van der Waals surface area contributed by atoms with E-state index >= 15 is 0 Å². The van der Waals surface area contributed by atoms with Gasteiger partial charge in [-0.3, -0.25) is 14.5 Å². The Morgan fingerprint density at radius 3 is 2.69 bits per heavy atom. The Hall–Kier alpha value is -3.53. The van der Waals surface area contributed by atoms with Gasteiger partial charge in [-0.15, -0.1) is 0 Å². The first-order valence-corrected chi connectivity index (χ1v) is 7.98. The van der Waals surface area contributed by atoms with E-state index in [1.807, 2.05) is 6.07 Å². The van der Waals surface area contributed by atoms with E-state index in [-0.39, 0.29) is 32.3 Å². The van der Waals surface area contributed by atoms with Crippen LogP contribution in [0.5, 0.6) is 11.5 Å². The Morgan fingerprint density at radius 2 is 1.92 bits per heavy atom. The molecule has 0 N–H and O–H groups in total. The van der Waals surface area contributed by atoms with Gasteiger partial charge in [0.15, 0.2) is 6.61 Å². The number of benzene rings is 2. The Morgan fingerprint density at radius 1 is 1.15 bits per heavy atom. The normalized spacial score (nSPS) is 12.6.